The van der Waals surface area contributed by atoms with Crippen LogP contribution in [-0.2, 0) is 4.79 Å². The molecule has 2 saturated heterocycles. The van der Waals surface area contributed by atoms with E-state index >= 15 is 0 Å². The van der Waals surface area contributed by atoms with Crippen LogP contribution in [0.15, 0.2) is 48.5 Å². The van der Waals surface area contributed by atoms with Crippen LogP contribution >= 0.6 is 0 Å². The Morgan fingerprint density at radius 3 is 2.46 bits per heavy atom. The number of hydrogen-bond acceptors (Lipinski definition) is 4. The third-order valence-electron chi connectivity index (χ3n) is 5.32. The van der Waals surface area contributed by atoms with Gasteiger partial charge in [-0.25, -0.2) is 0 Å². The summed E-state index contributed by atoms with van der Waals surface area (Å²) in [5, 5.41) is 10.9. The van der Waals surface area contributed by atoms with Crippen molar-refractivity contribution in [1.82, 2.24) is 0 Å². The first-order valence-corrected chi connectivity index (χ1v) is 8.67. The molecule has 0 bridgehead atoms. The Hall–Kier alpha value is -2.93. The number of anilines is 1. The van der Waals surface area contributed by atoms with Gasteiger partial charge in [0.15, 0.2) is 12.2 Å². The average molecular weight is 354 g/mol. The van der Waals surface area contributed by atoms with Crippen molar-refractivity contribution in [3.63, 3.8) is 0 Å². The summed E-state index contributed by atoms with van der Waals surface area (Å²) in [6.45, 7) is 0.921. The van der Waals surface area contributed by atoms with Gasteiger partial charge in [0.05, 0.1) is 24.3 Å². The largest absolute Gasteiger partial charge is 0.497 e. The van der Waals surface area contributed by atoms with Gasteiger partial charge in [-0.1, -0.05) is 0 Å². The van der Waals surface area contributed by atoms with Gasteiger partial charge in [-0.2, -0.15) is 0 Å². The van der Waals surface area contributed by atoms with Gasteiger partial charge in [-0.15, -0.1) is 0 Å². The van der Waals surface area contributed by atoms with Gasteiger partial charge in [0.2, 0.25) is 0 Å². The Bertz CT molecular complexity index is 835. The fourth-order valence-corrected chi connectivity index (χ4v) is 4.10. The average Bonchev–Trinajstić information content (AvgIpc) is 3.24. The van der Waals surface area contributed by atoms with E-state index in [2.05, 4.69) is 0 Å². The maximum atomic E-state index is 13.1. The van der Waals surface area contributed by atoms with E-state index in [0.29, 0.717) is 0 Å². The van der Waals surface area contributed by atoms with E-state index in [-0.39, 0.29) is 23.8 Å². The molecular weight excluding hydrogens is 334 g/mol. The molecule has 1 unspecified atom stereocenters. The van der Waals surface area contributed by atoms with Crippen LogP contribution in [0.2, 0.25) is 0 Å². The standard InChI is InChI=1S/C19H19N3O4/c1-26-16-10-8-14(9-11-16)21-18(20-12-2-3-17(20)19(21)23)13-4-6-15(7-5-13)22(24)25/h4-11,17-18H,2-3,12H2,1H3/p+1/t17-,18-/m1/s1. The highest BCUT2D eigenvalue weighted by Gasteiger charge is 2.53. The number of benzene rings is 2. The van der Waals surface area contributed by atoms with Crippen LogP contribution in [-0.4, -0.2) is 30.5 Å². The first-order chi connectivity index (χ1) is 12.6. The van der Waals surface area contributed by atoms with Crippen LogP contribution in [0.25, 0.3) is 0 Å². The van der Waals surface area contributed by atoms with Crippen molar-refractivity contribution >= 4 is 17.3 Å². The lowest BCUT2D eigenvalue weighted by atomic mass is 10.1. The molecule has 26 heavy (non-hydrogen) atoms. The van der Waals surface area contributed by atoms with Crippen molar-refractivity contribution in [1.29, 1.82) is 0 Å². The van der Waals surface area contributed by atoms with Crippen molar-refractivity contribution in [2.24, 2.45) is 0 Å². The van der Waals surface area contributed by atoms with E-state index in [9.17, 15) is 14.9 Å². The number of nitro benzene ring substituents is 1. The number of methoxy groups -OCH3 is 1. The molecule has 0 saturated carbocycles. The second-order valence-corrected chi connectivity index (χ2v) is 6.68. The van der Waals surface area contributed by atoms with Gasteiger partial charge < -0.3 is 9.64 Å². The molecule has 7 nitrogen and oxygen atoms in total. The highest BCUT2D eigenvalue weighted by Crippen LogP contribution is 2.32. The van der Waals surface area contributed by atoms with E-state index in [0.717, 1.165) is 36.4 Å². The van der Waals surface area contributed by atoms with Crippen molar-refractivity contribution in [2.75, 3.05) is 18.6 Å². The van der Waals surface area contributed by atoms with Crippen molar-refractivity contribution < 1.29 is 19.4 Å². The van der Waals surface area contributed by atoms with Crippen LogP contribution in [0.5, 0.6) is 5.75 Å². The summed E-state index contributed by atoms with van der Waals surface area (Å²) in [4.78, 5) is 26.7. The zero-order chi connectivity index (χ0) is 18.3. The molecule has 134 valence electrons. The first kappa shape index (κ1) is 16.5. The molecule has 2 aliphatic heterocycles. The minimum absolute atomic E-state index is 0.0442. The SMILES string of the molecule is COc1ccc(N2C(=O)[C@H]3CCC[NH+]3[C@H]2c2ccc([N+](=O)[O-])cc2)cc1. The van der Waals surface area contributed by atoms with Gasteiger partial charge in [0.25, 0.3) is 11.6 Å². The first-order valence-electron chi connectivity index (χ1n) is 8.67. The van der Waals surface area contributed by atoms with Gasteiger partial charge in [-0.3, -0.25) is 19.8 Å². The molecule has 3 atom stereocenters. The smallest absolute Gasteiger partial charge is 0.290 e. The van der Waals surface area contributed by atoms with Gasteiger partial charge in [0.1, 0.15) is 5.75 Å². The molecule has 0 aromatic heterocycles. The number of ether oxygens (including phenoxy) is 1. The third kappa shape index (κ3) is 2.61. The summed E-state index contributed by atoms with van der Waals surface area (Å²) in [6.07, 6.45) is 1.74. The lowest BCUT2D eigenvalue weighted by Gasteiger charge is -2.26. The predicted octanol–water partition coefficient (Wildman–Crippen LogP) is 1.70. The normalized spacial score (nSPS) is 24.6. The summed E-state index contributed by atoms with van der Waals surface area (Å²) in [5.41, 5.74) is 1.79. The maximum absolute atomic E-state index is 13.1. The fraction of sp³-hybridized carbons (Fsp3) is 0.316. The number of non-ortho nitro benzene ring substituents is 1. The lowest BCUT2D eigenvalue weighted by molar-refractivity contribution is -0.924. The summed E-state index contributed by atoms with van der Waals surface area (Å²) in [7, 11) is 1.61. The minimum Gasteiger partial charge on any atom is -0.497 e. The number of nitrogens with one attached hydrogen (secondary N) is 1. The Kier molecular flexibility index (Phi) is 4.08. The predicted molar refractivity (Wildman–Crippen MR) is 95.2 cm³/mol. The summed E-state index contributed by atoms with van der Waals surface area (Å²) >= 11 is 0. The third-order valence-corrected chi connectivity index (χ3v) is 5.32. The van der Waals surface area contributed by atoms with E-state index in [1.807, 2.05) is 29.2 Å². The lowest BCUT2D eigenvalue weighted by Crippen LogP contribution is -3.12. The topological polar surface area (TPSA) is 77.1 Å². The maximum Gasteiger partial charge on any atom is 0.290 e. The van der Waals surface area contributed by atoms with Crippen molar-refractivity contribution in [3.05, 3.63) is 64.2 Å². The molecule has 2 fully saturated rings. The highest BCUT2D eigenvalue weighted by atomic mass is 16.6. The molecule has 0 aliphatic carbocycles. The fourth-order valence-electron chi connectivity index (χ4n) is 4.10. The number of carbonyl (C=O) groups is 1. The monoisotopic (exact) mass is 354 g/mol. The van der Waals surface area contributed by atoms with Gasteiger partial charge in [-0.05, 0) is 36.4 Å². The Morgan fingerprint density at radius 1 is 1.15 bits per heavy atom. The van der Waals surface area contributed by atoms with Crippen LogP contribution in [0.4, 0.5) is 11.4 Å². The Labute approximate surface area is 150 Å². The van der Waals surface area contributed by atoms with E-state index in [4.69, 9.17) is 4.74 Å². The number of fused-ring (bicyclic) bond motifs is 1. The zero-order valence-electron chi connectivity index (χ0n) is 14.4. The van der Waals surface area contributed by atoms with Crippen LogP contribution in [0.1, 0.15) is 24.6 Å². The quantitative estimate of drug-likeness (QED) is 0.670. The molecule has 2 aromatic rings. The number of quaternary nitrogens is 1. The Balaban J connectivity index is 1.74. The molecule has 7 heteroatoms. The molecule has 0 spiro atoms. The van der Waals surface area contributed by atoms with Gasteiger partial charge >= 0.3 is 0 Å². The minimum atomic E-state index is -0.406. The number of carbonyl (C=O) groups excluding carboxylic acids is 1. The zero-order valence-corrected chi connectivity index (χ0v) is 14.4. The molecule has 1 amide bonds. The van der Waals surface area contributed by atoms with E-state index < -0.39 is 4.92 Å². The summed E-state index contributed by atoms with van der Waals surface area (Å²) < 4.78 is 5.21. The van der Waals surface area contributed by atoms with Crippen molar-refractivity contribution in [2.45, 2.75) is 25.0 Å². The molecule has 4 rings (SSSR count). The molecule has 0 radical (unpaired) electrons. The van der Waals surface area contributed by atoms with E-state index in [1.54, 1.807) is 19.2 Å². The number of nitrogens with zero attached hydrogens (tertiary/aromatic N) is 2. The Morgan fingerprint density at radius 2 is 1.85 bits per heavy atom. The van der Waals surface area contributed by atoms with Crippen molar-refractivity contribution in [3.8, 4) is 5.75 Å². The second kappa shape index (κ2) is 6.42. The molecule has 2 aliphatic rings. The molecule has 1 N–H and O–H groups in total. The molecule has 2 heterocycles. The summed E-state index contributed by atoms with van der Waals surface area (Å²) in [6, 6.07) is 14.0. The van der Waals surface area contributed by atoms with E-state index in [1.165, 1.54) is 17.0 Å². The number of amides is 1. The van der Waals surface area contributed by atoms with Crippen LogP contribution in [0.3, 0.4) is 0 Å². The highest BCUT2D eigenvalue weighted by molar-refractivity contribution is 5.98. The molecule has 2 aromatic carbocycles. The number of hydrogen-bond donors (Lipinski definition) is 1. The number of rotatable bonds is 4. The van der Waals surface area contributed by atoms with Crippen LogP contribution in [0, 0.1) is 10.1 Å². The molecular formula is C19H20N3O4+. The van der Waals surface area contributed by atoms with Gasteiger partial charge in [0, 0.05) is 30.5 Å². The second-order valence-electron chi connectivity index (χ2n) is 6.68. The summed E-state index contributed by atoms with van der Waals surface area (Å²) in [5.74, 6) is 0.853. The van der Waals surface area contributed by atoms with Crippen LogP contribution < -0.4 is 14.5 Å². The number of nitro groups is 1.